The molecule has 4 nitrogen and oxygen atoms in total. The van der Waals surface area contributed by atoms with Gasteiger partial charge in [0.2, 0.25) is 0 Å². The summed E-state index contributed by atoms with van der Waals surface area (Å²) in [5.74, 6) is 0.801. The van der Waals surface area contributed by atoms with Gasteiger partial charge in [-0.05, 0) is 50.2 Å². The average molecular weight is 280 g/mol. The van der Waals surface area contributed by atoms with Gasteiger partial charge in [0.15, 0.2) is 5.82 Å². The first-order valence-electron chi connectivity index (χ1n) is 7.56. The van der Waals surface area contributed by atoms with Crippen molar-refractivity contribution in [1.82, 2.24) is 14.9 Å². The lowest BCUT2D eigenvalue weighted by Gasteiger charge is -2.33. The smallest absolute Gasteiger partial charge is 0.159 e. The van der Waals surface area contributed by atoms with Crippen LogP contribution in [-0.4, -0.2) is 47.1 Å². The average Bonchev–Trinajstić information content (AvgIpc) is 3.07. The highest BCUT2D eigenvalue weighted by molar-refractivity contribution is 5.61. The van der Waals surface area contributed by atoms with Gasteiger partial charge in [0.05, 0.1) is 0 Å². The van der Waals surface area contributed by atoms with Crippen LogP contribution in [0.15, 0.2) is 36.7 Å². The summed E-state index contributed by atoms with van der Waals surface area (Å²) in [5, 5.41) is 0. The van der Waals surface area contributed by atoms with Crippen molar-refractivity contribution in [1.29, 1.82) is 0 Å². The van der Waals surface area contributed by atoms with Crippen molar-refractivity contribution in [2.45, 2.75) is 25.4 Å². The number of aromatic nitrogens is 2. The van der Waals surface area contributed by atoms with Gasteiger partial charge < -0.3 is 4.90 Å². The van der Waals surface area contributed by atoms with E-state index in [-0.39, 0.29) is 0 Å². The number of fused-ring (bicyclic) bond motifs is 2. The maximum atomic E-state index is 4.39. The molecule has 0 radical (unpaired) electrons. The molecule has 0 aliphatic carbocycles. The van der Waals surface area contributed by atoms with Crippen molar-refractivity contribution in [3.63, 3.8) is 0 Å². The van der Waals surface area contributed by atoms with E-state index in [0.717, 1.165) is 29.5 Å². The number of piperazine rings is 1. The summed E-state index contributed by atoms with van der Waals surface area (Å²) in [5.41, 5.74) is 3.50. The highest BCUT2D eigenvalue weighted by Crippen LogP contribution is 2.34. The van der Waals surface area contributed by atoms with Crippen LogP contribution in [0, 0.1) is 6.92 Å². The third kappa shape index (κ3) is 2.20. The molecule has 3 heterocycles. The van der Waals surface area contributed by atoms with Crippen LogP contribution in [0.5, 0.6) is 0 Å². The van der Waals surface area contributed by atoms with E-state index >= 15 is 0 Å². The first-order chi connectivity index (χ1) is 10.2. The Morgan fingerprint density at radius 1 is 1.00 bits per heavy atom. The number of hydrogen-bond acceptors (Lipinski definition) is 4. The number of benzene rings is 1. The second-order valence-corrected chi connectivity index (χ2v) is 6.27. The molecule has 2 atom stereocenters. The number of hydrogen-bond donors (Lipinski definition) is 0. The van der Waals surface area contributed by atoms with Gasteiger partial charge in [-0.25, -0.2) is 9.97 Å². The van der Waals surface area contributed by atoms with Crippen molar-refractivity contribution < 1.29 is 0 Å². The fourth-order valence-corrected chi connectivity index (χ4v) is 3.53. The van der Waals surface area contributed by atoms with Gasteiger partial charge in [-0.15, -0.1) is 0 Å². The third-order valence-corrected chi connectivity index (χ3v) is 4.75. The lowest BCUT2D eigenvalue weighted by molar-refractivity contribution is 0.292. The standard InChI is InChI=1S/C17H20N4/c1-12-8-18-17(19-9-12)13-3-5-14(6-4-13)21-11-15-7-16(21)10-20(15)2/h3-6,8-9,15-16H,7,10-11H2,1-2H3/t15-,16-/m0/s1. The minimum absolute atomic E-state index is 0.682. The largest absolute Gasteiger partial charge is 0.366 e. The number of likely N-dealkylation sites (tertiary alicyclic amines) is 1. The van der Waals surface area contributed by atoms with Gasteiger partial charge in [-0.3, -0.25) is 4.90 Å². The zero-order valence-electron chi connectivity index (χ0n) is 12.5. The monoisotopic (exact) mass is 280 g/mol. The molecule has 2 aromatic rings. The van der Waals surface area contributed by atoms with Crippen LogP contribution < -0.4 is 4.90 Å². The molecule has 0 amide bonds. The number of aryl methyl sites for hydroxylation is 1. The lowest BCUT2D eigenvalue weighted by Crippen LogP contribution is -2.44. The Morgan fingerprint density at radius 3 is 2.29 bits per heavy atom. The molecule has 2 bridgehead atoms. The number of anilines is 1. The summed E-state index contributed by atoms with van der Waals surface area (Å²) in [6, 6.07) is 10.1. The third-order valence-electron chi connectivity index (χ3n) is 4.75. The zero-order chi connectivity index (χ0) is 14.4. The summed E-state index contributed by atoms with van der Waals surface area (Å²) in [4.78, 5) is 13.8. The molecule has 4 heteroatoms. The van der Waals surface area contributed by atoms with Gasteiger partial charge in [-0.1, -0.05) is 0 Å². The Balaban J connectivity index is 1.56. The van der Waals surface area contributed by atoms with Crippen LogP contribution in [0.3, 0.4) is 0 Å². The van der Waals surface area contributed by atoms with E-state index in [9.17, 15) is 0 Å². The van der Waals surface area contributed by atoms with Crippen LogP contribution in [0.4, 0.5) is 5.69 Å². The van der Waals surface area contributed by atoms with Gasteiger partial charge in [-0.2, -0.15) is 0 Å². The molecule has 0 spiro atoms. The molecule has 0 N–H and O–H groups in total. The SMILES string of the molecule is Cc1cnc(-c2ccc(N3C[C@@H]4C[C@H]3CN4C)cc2)nc1. The van der Waals surface area contributed by atoms with Crippen molar-refractivity contribution in [2.75, 3.05) is 25.0 Å². The Hall–Kier alpha value is -1.94. The minimum Gasteiger partial charge on any atom is -0.366 e. The maximum Gasteiger partial charge on any atom is 0.159 e. The Morgan fingerprint density at radius 2 is 1.71 bits per heavy atom. The molecule has 108 valence electrons. The molecule has 4 rings (SSSR count). The van der Waals surface area contributed by atoms with Gasteiger partial charge in [0.1, 0.15) is 0 Å². The molecular formula is C17H20N4. The first kappa shape index (κ1) is 12.8. The van der Waals surface area contributed by atoms with E-state index < -0.39 is 0 Å². The molecule has 0 unspecified atom stereocenters. The second-order valence-electron chi connectivity index (χ2n) is 6.27. The van der Waals surface area contributed by atoms with Crippen LogP contribution in [-0.2, 0) is 0 Å². The van der Waals surface area contributed by atoms with Gasteiger partial charge in [0, 0.05) is 48.8 Å². The van der Waals surface area contributed by atoms with E-state index in [1.165, 1.54) is 18.7 Å². The summed E-state index contributed by atoms with van der Waals surface area (Å²) >= 11 is 0. The summed E-state index contributed by atoms with van der Waals surface area (Å²) in [6.45, 7) is 4.35. The Kier molecular flexibility index (Phi) is 2.93. The summed E-state index contributed by atoms with van der Waals surface area (Å²) in [6.07, 6.45) is 5.04. The zero-order valence-corrected chi connectivity index (χ0v) is 12.5. The molecule has 1 aromatic heterocycles. The van der Waals surface area contributed by atoms with E-state index in [1.54, 1.807) is 0 Å². The molecule has 2 saturated heterocycles. The molecule has 1 aromatic carbocycles. The van der Waals surface area contributed by atoms with E-state index in [1.807, 2.05) is 19.3 Å². The van der Waals surface area contributed by atoms with Gasteiger partial charge in [0.25, 0.3) is 0 Å². The molecule has 2 aliphatic rings. The van der Waals surface area contributed by atoms with Crippen LogP contribution in [0.1, 0.15) is 12.0 Å². The fraction of sp³-hybridized carbons (Fsp3) is 0.412. The number of rotatable bonds is 2. The predicted octanol–water partition coefficient (Wildman–Crippen LogP) is 2.34. The second kappa shape index (κ2) is 4.81. The first-order valence-corrected chi connectivity index (χ1v) is 7.56. The highest BCUT2D eigenvalue weighted by Gasteiger charge is 2.41. The fourth-order valence-electron chi connectivity index (χ4n) is 3.53. The van der Waals surface area contributed by atoms with Crippen molar-refractivity contribution in [3.8, 4) is 11.4 Å². The van der Waals surface area contributed by atoms with E-state index in [4.69, 9.17) is 0 Å². The Labute approximate surface area is 125 Å². The molecule has 21 heavy (non-hydrogen) atoms. The quantitative estimate of drug-likeness (QED) is 0.845. The topological polar surface area (TPSA) is 32.3 Å². The maximum absolute atomic E-state index is 4.39. The molecule has 2 fully saturated rings. The number of likely N-dealkylation sites (N-methyl/N-ethyl adjacent to an activating group) is 1. The molecular weight excluding hydrogens is 260 g/mol. The Bertz CT molecular complexity index is 633. The number of nitrogens with zero attached hydrogens (tertiary/aromatic N) is 4. The predicted molar refractivity (Wildman–Crippen MR) is 84.4 cm³/mol. The summed E-state index contributed by atoms with van der Waals surface area (Å²) < 4.78 is 0. The normalized spacial score (nSPS) is 24.8. The van der Waals surface area contributed by atoms with Crippen molar-refractivity contribution in [2.24, 2.45) is 0 Å². The molecule has 0 saturated carbocycles. The minimum atomic E-state index is 0.682. The lowest BCUT2D eigenvalue weighted by atomic mass is 10.1. The molecule has 2 aliphatic heterocycles. The van der Waals surface area contributed by atoms with E-state index in [0.29, 0.717) is 6.04 Å². The van der Waals surface area contributed by atoms with Crippen molar-refractivity contribution >= 4 is 5.69 Å². The van der Waals surface area contributed by atoms with Crippen LogP contribution in [0.25, 0.3) is 11.4 Å². The van der Waals surface area contributed by atoms with Crippen LogP contribution in [0.2, 0.25) is 0 Å². The van der Waals surface area contributed by atoms with Gasteiger partial charge >= 0.3 is 0 Å². The highest BCUT2D eigenvalue weighted by atomic mass is 15.3. The van der Waals surface area contributed by atoms with Crippen LogP contribution >= 0.6 is 0 Å². The van der Waals surface area contributed by atoms with E-state index in [2.05, 4.69) is 51.1 Å². The van der Waals surface area contributed by atoms with Crippen molar-refractivity contribution in [3.05, 3.63) is 42.2 Å². The summed E-state index contributed by atoms with van der Waals surface area (Å²) in [7, 11) is 2.24.